The second-order valence-corrected chi connectivity index (χ2v) is 4.95. The third-order valence-corrected chi connectivity index (χ3v) is 3.05. The van der Waals surface area contributed by atoms with Gasteiger partial charge in [0.1, 0.15) is 11.3 Å². The molecule has 0 bridgehead atoms. The van der Waals surface area contributed by atoms with Crippen molar-refractivity contribution in [2.45, 2.75) is 19.8 Å². The number of carbonyl (C=O) groups is 1. The van der Waals surface area contributed by atoms with Gasteiger partial charge in [-0.15, -0.1) is 0 Å². The average Bonchev–Trinajstić information content (AvgIpc) is 2.46. The highest BCUT2D eigenvalue weighted by molar-refractivity contribution is 5.91. The largest absolute Gasteiger partial charge is 0.507 e. The number of azo groups is 1. The van der Waals surface area contributed by atoms with Crippen LogP contribution in [0.5, 0.6) is 5.75 Å². The third kappa shape index (κ3) is 3.66. The van der Waals surface area contributed by atoms with Crippen molar-refractivity contribution in [1.29, 1.82) is 0 Å². The van der Waals surface area contributed by atoms with E-state index in [2.05, 4.69) is 24.1 Å². The van der Waals surface area contributed by atoms with Gasteiger partial charge in [-0.2, -0.15) is 10.2 Å². The van der Waals surface area contributed by atoms with Gasteiger partial charge in [-0.1, -0.05) is 26.0 Å². The van der Waals surface area contributed by atoms with Crippen LogP contribution in [0.3, 0.4) is 0 Å². The highest BCUT2D eigenvalue weighted by atomic mass is 16.4. The van der Waals surface area contributed by atoms with Crippen LogP contribution in [0.1, 0.15) is 35.7 Å². The molecule has 2 N–H and O–H groups in total. The molecule has 2 aromatic carbocycles. The van der Waals surface area contributed by atoms with Crippen molar-refractivity contribution in [3.8, 4) is 5.75 Å². The molecule has 0 aromatic heterocycles. The highest BCUT2D eigenvalue weighted by Crippen LogP contribution is 2.25. The van der Waals surface area contributed by atoms with E-state index in [4.69, 9.17) is 5.11 Å². The van der Waals surface area contributed by atoms with Gasteiger partial charge >= 0.3 is 5.97 Å². The molecule has 0 fully saturated rings. The number of nitrogens with zero attached hydrogens (tertiary/aromatic N) is 2. The maximum absolute atomic E-state index is 10.9. The Kier molecular flexibility index (Phi) is 4.33. The van der Waals surface area contributed by atoms with Crippen LogP contribution >= 0.6 is 0 Å². The summed E-state index contributed by atoms with van der Waals surface area (Å²) in [6.45, 7) is 4.22. The van der Waals surface area contributed by atoms with Gasteiger partial charge in [-0.05, 0) is 41.8 Å². The number of benzene rings is 2. The number of aromatic carboxylic acids is 1. The molecule has 0 aliphatic heterocycles. The van der Waals surface area contributed by atoms with Crippen LogP contribution in [0.15, 0.2) is 52.7 Å². The number of rotatable bonds is 4. The van der Waals surface area contributed by atoms with E-state index in [9.17, 15) is 9.90 Å². The number of hydrogen-bond acceptors (Lipinski definition) is 4. The van der Waals surface area contributed by atoms with Crippen LogP contribution in [0, 0.1) is 0 Å². The number of carboxylic acid groups (broad SMARTS) is 1. The summed E-state index contributed by atoms with van der Waals surface area (Å²) in [5.74, 6) is -1.04. The predicted octanol–water partition coefficient (Wildman–Crippen LogP) is 4.63. The van der Waals surface area contributed by atoms with E-state index in [0.29, 0.717) is 17.3 Å². The van der Waals surface area contributed by atoms with Gasteiger partial charge in [0.2, 0.25) is 0 Å². The summed E-state index contributed by atoms with van der Waals surface area (Å²) in [5, 5.41) is 26.4. The third-order valence-electron chi connectivity index (χ3n) is 3.05. The van der Waals surface area contributed by atoms with E-state index >= 15 is 0 Å². The summed E-state index contributed by atoms with van der Waals surface area (Å²) in [4.78, 5) is 10.9. The zero-order valence-corrected chi connectivity index (χ0v) is 11.8. The number of carboxylic acids is 1. The monoisotopic (exact) mass is 284 g/mol. The predicted molar refractivity (Wildman–Crippen MR) is 79.8 cm³/mol. The molecule has 0 heterocycles. The van der Waals surface area contributed by atoms with E-state index in [1.54, 1.807) is 0 Å². The van der Waals surface area contributed by atoms with Gasteiger partial charge in [0.05, 0.1) is 11.4 Å². The smallest absolute Gasteiger partial charge is 0.339 e. The summed E-state index contributed by atoms with van der Waals surface area (Å²) >= 11 is 0. The topological polar surface area (TPSA) is 82.2 Å². The van der Waals surface area contributed by atoms with Crippen molar-refractivity contribution in [3.63, 3.8) is 0 Å². The van der Waals surface area contributed by atoms with Crippen LogP contribution < -0.4 is 0 Å². The number of phenols is 1. The molecule has 5 heteroatoms. The van der Waals surface area contributed by atoms with E-state index in [1.165, 1.54) is 23.8 Å². The fraction of sp³-hybridized carbons (Fsp3) is 0.188. The second-order valence-electron chi connectivity index (χ2n) is 4.95. The maximum atomic E-state index is 10.9. The molecule has 0 atom stereocenters. The Balaban J connectivity index is 2.21. The molecule has 2 aromatic rings. The lowest BCUT2D eigenvalue weighted by molar-refractivity contribution is 0.0694. The summed E-state index contributed by atoms with van der Waals surface area (Å²) in [6.07, 6.45) is 0. The van der Waals surface area contributed by atoms with Gasteiger partial charge in [-0.3, -0.25) is 0 Å². The van der Waals surface area contributed by atoms with Crippen LogP contribution in [-0.2, 0) is 0 Å². The molecule has 0 aliphatic rings. The van der Waals surface area contributed by atoms with Crippen molar-refractivity contribution >= 4 is 17.3 Å². The van der Waals surface area contributed by atoms with Crippen molar-refractivity contribution < 1.29 is 15.0 Å². The lowest BCUT2D eigenvalue weighted by Crippen LogP contribution is -1.95. The fourth-order valence-corrected chi connectivity index (χ4v) is 1.80. The minimum atomic E-state index is -1.20. The van der Waals surface area contributed by atoms with Crippen molar-refractivity contribution in [2.75, 3.05) is 0 Å². The molecule has 0 unspecified atom stereocenters. The van der Waals surface area contributed by atoms with Crippen LogP contribution in [0.4, 0.5) is 11.4 Å². The van der Waals surface area contributed by atoms with Crippen molar-refractivity contribution in [3.05, 3.63) is 53.6 Å². The Morgan fingerprint density at radius 2 is 1.57 bits per heavy atom. The van der Waals surface area contributed by atoms with Crippen LogP contribution in [-0.4, -0.2) is 16.2 Å². The van der Waals surface area contributed by atoms with Crippen molar-refractivity contribution in [1.82, 2.24) is 0 Å². The Morgan fingerprint density at radius 3 is 2.14 bits per heavy atom. The summed E-state index contributed by atoms with van der Waals surface area (Å²) < 4.78 is 0. The normalized spacial score (nSPS) is 11.2. The zero-order valence-electron chi connectivity index (χ0n) is 11.8. The summed E-state index contributed by atoms with van der Waals surface area (Å²) in [5.41, 5.74) is 2.08. The van der Waals surface area contributed by atoms with E-state index in [1.807, 2.05) is 24.3 Å². The molecular formula is C16H16N2O3. The first-order valence-electron chi connectivity index (χ1n) is 6.55. The summed E-state index contributed by atoms with van der Waals surface area (Å²) in [6, 6.07) is 11.8. The molecular weight excluding hydrogens is 268 g/mol. The maximum Gasteiger partial charge on any atom is 0.339 e. The number of aromatic hydroxyl groups is 1. The molecule has 0 amide bonds. The van der Waals surface area contributed by atoms with Crippen molar-refractivity contribution in [2.24, 2.45) is 10.2 Å². The van der Waals surface area contributed by atoms with E-state index in [-0.39, 0.29) is 11.3 Å². The van der Waals surface area contributed by atoms with Gasteiger partial charge in [0, 0.05) is 0 Å². The number of hydrogen-bond donors (Lipinski definition) is 2. The van der Waals surface area contributed by atoms with Crippen LogP contribution in [0.25, 0.3) is 0 Å². The second kappa shape index (κ2) is 6.17. The van der Waals surface area contributed by atoms with E-state index < -0.39 is 5.97 Å². The molecule has 0 saturated heterocycles. The molecule has 2 rings (SSSR count). The van der Waals surface area contributed by atoms with Gasteiger partial charge in [0.25, 0.3) is 0 Å². The molecule has 0 radical (unpaired) electrons. The lowest BCUT2D eigenvalue weighted by Gasteiger charge is -2.04. The zero-order chi connectivity index (χ0) is 15.4. The molecule has 0 aliphatic carbocycles. The summed E-state index contributed by atoms with van der Waals surface area (Å²) in [7, 11) is 0. The SMILES string of the molecule is CC(C)c1ccc(N=Nc2ccc(O)c(C(=O)O)c2)cc1. The highest BCUT2D eigenvalue weighted by Gasteiger charge is 2.09. The first-order valence-corrected chi connectivity index (χ1v) is 6.55. The average molecular weight is 284 g/mol. The Labute approximate surface area is 122 Å². The van der Waals surface area contributed by atoms with Gasteiger partial charge in [-0.25, -0.2) is 4.79 Å². The Morgan fingerprint density at radius 1 is 1.00 bits per heavy atom. The molecule has 5 nitrogen and oxygen atoms in total. The molecule has 0 spiro atoms. The van der Waals surface area contributed by atoms with E-state index in [0.717, 1.165) is 0 Å². The minimum absolute atomic E-state index is 0.193. The Bertz CT molecular complexity index is 676. The lowest BCUT2D eigenvalue weighted by atomic mass is 10.0. The first-order chi connectivity index (χ1) is 9.97. The molecule has 21 heavy (non-hydrogen) atoms. The molecule has 0 saturated carbocycles. The van der Waals surface area contributed by atoms with Crippen LogP contribution in [0.2, 0.25) is 0 Å². The standard InChI is InChI=1S/C16H16N2O3/c1-10(2)11-3-5-12(6-4-11)17-18-13-7-8-15(19)14(9-13)16(20)21/h3-10,19H,1-2H3,(H,20,21). The molecule has 108 valence electrons. The van der Waals surface area contributed by atoms with Gasteiger partial charge in [0.15, 0.2) is 0 Å². The quantitative estimate of drug-likeness (QED) is 0.803. The fourth-order valence-electron chi connectivity index (χ4n) is 1.80. The first kappa shape index (κ1) is 14.7. The van der Waals surface area contributed by atoms with Gasteiger partial charge < -0.3 is 10.2 Å². The minimum Gasteiger partial charge on any atom is -0.507 e. The Hall–Kier alpha value is -2.69.